The van der Waals surface area contributed by atoms with Crippen LogP contribution in [0.2, 0.25) is 0 Å². The van der Waals surface area contributed by atoms with Gasteiger partial charge < -0.3 is 14.4 Å². The van der Waals surface area contributed by atoms with E-state index in [2.05, 4.69) is 16.0 Å². The molecule has 0 amide bonds. The standard InChI is InChI=1S/C22H16FN3O/c23-16-6-3-5-14(11-16)21-22(19-9-4-10-27-19)26-20(25-21)12-15-13-24-18-8-2-1-7-17(15)18/h1-11,13,24H,12H2,(H,25,26). The molecular weight excluding hydrogens is 341 g/mol. The molecule has 0 saturated carbocycles. The number of benzene rings is 2. The molecule has 0 fully saturated rings. The van der Waals surface area contributed by atoms with Crippen LogP contribution in [0.3, 0.4) is 0 Å². The molecular formula is C22H16FN3O. The Hall–Kier alpha value is -3.60. The lowest BCUT2D eigenvalue weighted by Gasteiger charge is -2.01. The highest BCUT2D eigenvalue weighted by molar-refractivity contribution is 5.83. The first kappa shape index (κ1) is 15.6. The average molecular weight is 357 g/mol. The second-order valence-electron chi connectivity index (χ2n) is 6.43. The number of H-pyrrole nitrogens is 2. The molecule has 2 N–H and O–H groups in total. The van der Waals surface area contributed by atoms with E-state index in [1.54, 1.807) is 12.3 Å². The quantitative estimate of drug-likeness (QED) is 0.443. The van der Waals surface area contributed by atoms with E-state index in [4.69, 9.17) is 9.40 Å². The molecule has 0 bridgehead atoms. The van der Waals surface area contributed by atoms with Gasteiger partial charge in [0, 0.05) is 29.1 Å². The van der Waals surface area contributed by atoms with Gasteiger partial charge >= 0.3 is 0 Å². The molecule has 5 rings (SSSR count). The van der Waals surface area contributed by atoms with E-state index < -0.39 is 0 Å². The normalized spacial score (nSPS) is 11.3. The summed E-state index contributed by atoms with van der Waals surface area (Å²) in [4.78, 5) is 11.4. The van der Waals surface area contributed by atoms with Gasteiger partial charge in [-0.1, -0.05) is 30.3 Å². The topological polar surface area (TPSA) is 57.6 Å². The number of rotatable bonds is 4. The lowest BCUT2D eigenvalue weighted by Crippen LogP contribution is -1.89. The van der Waals surface area contributed by atoms with Gasteiger partial charge in [0.25, 0.3) is 0 Å². The van der Waals surface area contributed by atoms with Gasteiger partial charge in [0.15, 0.2) is 5.76 Å². The SMILES string of the molecule is Fc1cccc(-c2[nH]c(Cc3c[nH]c4ccccc34)nc2-c2ccco2)c1. The third-order valence-electron chi connectivity index (χ3n) is 4.65. The van der Waals surface area contributed by atoms with Gasteiger partial charge in [0.1, 0.15) is 17.3 Å². The zero-order chi connectivity index (χ0) is 18.2. The third kappa shape index (κ3) is 2.83. The first-order valence-electron chi connectivity index (χ1n) is 8.71. The van der Waals surface area contributed by atoms with Crippen LogP contribution in [0.1, 0.15) is 11.4 Å². The van der Waals surface area contributed by atoms with Crippen LogP contribution in [-0.2, 0) is 6.42 Å². The maximum absolute atomic E-state index is 13.8. The van der Waals surface area contributed by atoms with Crippen molar-refractivity contribution >= 4 is 10.9 Å². The monoisotopic (exact) mass is 357 g/mol. The van der Waals surface area contributed by atoms with E-state index in [-0.39, 0.29) is 5.82 Å². The third-order valence-corrected chi connectivity index (χ3v) is 4.65. The van der Waals surface area contributed by atoms with E-state index in [1.165, 1.54) is 17.5 Å². The lowest BCUT2D eigenvalue weighted by molar-refractivity contribution is 0.580. The van der Waals surface area contributed by atoms with Gasteiger partial charge in [-0.15, -0.1) is 0 Å². The number of para-hydroxylation sites is 1. The summed E-state index contributed by atoms with van der Waals surface area (Å²) in [6.45, 7) is 0. The van der Waals surface area contributed by atoms with Crippen LogP contribution in [-0.4, -0.2) is 15.0 Å². The fourth-order valence-electron chi connectivity index (χ4n) is 3.41. The number of furan rings is 1. The number of imidazole rings is 1. The molecule has 0 aliphatic carbocycles. The summed E-state index contributed by atoms with van der Waals surface area (Å²) in [7, 11) is 0. The van der Waals surface area contributed by atoms with Crippen molar-refractivity contribution in [2.45, 2.75) is 6.42 Å². The van der Waals surface area contributed by atoms with Crippen molar-refractivity contribution in [3.05, 3.63) is 90.3 Å². The highest BCUT2D eigenvalue weighted by atomic mass is 19.1. The summed E-state index contributed by atoms with van der Waals surface area (Å²) in [6.07, 6.45) is 4.24. The number of hydrogen-bond acceptors (Lipinski definition) is 2. The minimum atomic E-state index is -0.286. The Balaban J connectivity index is 1.61. The Morgan fingerprint density at radius 1 is 1.00 bits per heavy atom. The number of hydrogen-bond donors (Lipinski definition) is 2. The van der Waals surface area contributed by atoms with Gasteiger partial charge in [-0.05, 0) is 35.9 Å². The van der Waals surface area contributed by atoms with E-state index in [1.807, 2.05) is 42.6 Å². The fraction of sp³-hybridized carbons (Fsp3) is 0.0455. The van der Waals surface area contributed by atoms with Crippen LogP contribution >= 0.6 is 0 Å². The average Bonchev–Trinajstić information content (AvgIpc) is 3.42. The van der Waals surface area contributed by atoms with Crippen molar-refractivity contribution in [2.24, 2.45) is 0 Å². The molecule has 3 heterocycles. The minimum Gasteiger partial charge on any atom is -0.463 e. The smallest absolute Gasteiger partial charge is 0.154 e. The lowest BCUT2D eigenvalue weighted by atomic mass is 10.1. The predicted octanol–water partition coefficient (Wildman–Crippen LogP) is 5.55. The predicted molar refractivity (Wildman–Crippen MR) is 103 cm³/mol. The number of aromatic amines is 2. The molecule has 0 spiro atoms. The highest BCUT2D eigenvalue weighted by Gasteiger charge is 2.17. The molecule has 132 valence electrons. The van der Waals surface area contributed by atoms with Crippen LogP contribution in [0.4, 0.5) is 4.39 Å². The molecule has 0 saturated heterocycles. The van der Waals surface area contributed by atoms with Crippen LogP contribution in [0, 0.1) is 5.82 Å². The highest BCUT2D eigenvalue weighted by Crippen LogP contribution is 2.32. The van der Waals surface area contributed by atoms with E-state index >= 15 is 0 Å². The molecule has 0 atom stereocenters. The number of halogens is 1. The number of nitrogens with one attached hydrogen (secondary N) is 2. The summed E-state index contributed by atoms with van der Waals surface area (Å²) < 4.78 is 19.3. The maximum atomic E-state index is 13.8. The van der Waals surface area contributed by atoms with Gasteiger partial charge in [-0.3, -0.25) is 0 Å². The number of aromatic nitrogens is 3. The van der Waals surface area contributed by atoms with Crippen LogP contribution in [0.15, 0.2) is 77.5 Å². The van der Waals surface area contributed by atoms with Crippen molar-refractivity contribution < 1.29 is 8.81 Å². The summed E-state index contributed by atoms with van der Waals surface area (Å²) in [5.41, 5.74) is 4.41. The Morgan fingerprint density at radius 2 is 1.93 bits per heavy atom. The van der Waals surface area contributed by atoms with Crippen molar-refractivity contribution in [1.29, 1.82) is 0 Å². The Kier molecular flexibility index (Phi) is 3.64. The van der Waals surface area contributed by atoms with Crippen molar-refractivity contribution in [1.82, 2.24) is 15.0 Å². The van der Waals surface area contributed by atoms with E-state index in [0.29, 0.717) is 17.9 Å². The van der Waals surface area contributed by atoms with Gasteiger partial charge in [-0.25, -0.2) is 9.37 Å². The molecule has 2 aromatic carbocycles. The molecule has 5 aromatic rings. The summed E-state index contributed by atoms with van der Waals surface area (Å²) >= 11 is 0. The molecule has 0 unspecified atom stereocenters. The Bertz CT molecular complexity index is 1220. The largest absolute Gasteiger partial charge is 0.463 e. The maximum Gasteiger partial charge on any atom is 0.154 e. The zero-order valence-corrected chi connectivity index (χ0v) is 14.4. The summed E-state index contributed by atoms with van der Waals surface area (Å²) in [6, 6.07) is 18.3. The molecule has 0 aliphatic rings. The summed E-state index contributed by atoms with van der Waals surface area (Å²) in [5, 5.41) is 1.17. The summed E-state index contributed by atoms with van der Waals surface area (Å²) in [5.74, 6) is 1.16. The van der Waals surface area contributed by atoms with Gasteiger partial charge in [-0.2, -0.15) is 0 Å². The van der Waals surface area contributed by atoms with E-state index in [0.717, 1.165) is 28.2 Å². The molecule has 0 radical (unpaired) electrons. The van der Waals surface area contributed by atoms with Crippen LogP contribution in [0.25, 0.3) is 33.6 Å². The second-order valence-corrected chi connectivity index (χ2v) is 6.43. The molecule has 4 nitrogen and oxygen atoms in total. The van der Waals surface area contributed by atoms with Crippen molar-refractivity contribution in [3.63, 3.8) is 0 Å². The Morgan fingerprint density at radius 3 is 2.78 bits per heavy atom. The number of fused-ring (bicyclic) bond motifs is 1. The van der Waals surface area contributed by atoms with Crippen LogP contribution in [0.5, 0.6) is 0 Å². The first-order valence-corrected chi connectivity index (χ1v) is 8.71. The molecule has 27 heavy (non-hydrogen) atoms. The van der Waals surface area contributed by atoms with Crippen molar-refractivity contribution in [3.8, 4) is 22.7 Å². The Labute approximate surface area is 154 Å². The molecule has 0 aliphatic heterocycles. The van der Waals surface area contributed by atoms with Gasteiger partial charge in [0.05, 0.1) is 12.0 Å². The second kappa shape index (κ2) is 6.29. The first-order chi connectivity index (χ1) is 13.3. The zero-order valence-electron chi connectivity index (χ0n) is 14.4. The fourth-order valence-corrected chi connectivity index (χ4v) is 3.41. The van der Waals surface area contributed by atoms with Crippen LogP contribution < -0.4 is 0 Å². The molecule has 5 heteroatoms. The molecule has 3 aromatic heterocycles. The van der Waals surface area contributed by atoms with Gasteiger partial charge in [0.2, 0.25) is 0 Å². The van der Waals surface area contributed by atoms with E-state index in [9.17, 15) is 4.39 Å². The minimum absolute atomic E-state index is 0.286. The van der Waals surface area contributed by atoms with Crippen molar-refractivity contribution in [2.75, 3.05) is 0 Å². The number of nitrogens with zero attached hydrogens (tertiary/aromatic N) is 1.